The zero-order valence-corrected chi connectivity index (χ0v) is 11.5. The molecule has 0 aliphatic heterocycles. The third kappa shape index (κ3) is 2.67. The molecular weight excluding hydrogens is 270 g/mol. The van der Waals surface area contributed by atoms with E-state index in [0.29, 0.717) is 5.56 Å². The molecule has 5 heteroatoms. The van der Waals surface area contributed by atoms with Crippen LogP contribution < -0.4 is 5.73 Å². The van der Waals surface area contributed by atoms with Crippen LogP contribution in [0.5, 0.6) is 0 Å². The molecule has 4 nitrogen and oxygen atoms in total. The maximum absolute atomic E-state index is 11.0. The number of imidazole rings is 1. The molecule has 20 heavy (non-hydrogen) atoms. The normalized spacial score (nSPS) is 10.8. The molecule has 0 saturated carbocycles. The van der Waals surface area contributed by atoms with Crippen LogP contribution in [0.15, 0.2) is 59.8 Å². The van der Waals surface area contributed by atoms with Crippen molar-refractivity contribution in [3.05, 3.63) is 66.1 Å². The number of fused-ring (bicyclic) bond motifs is 1. The van der Waals surface area contributed by atoms with Gasteiger partial charge in [0, 0.05) is 28.6 Å². The lowest BCUT2D eigenvalue weighted by molar-refractivity contribution is 0.1000. The predicted molar refractivity (Wildman–Crippen MR) is 79.7 cm³/mol. The molecule has 3 rings (SSSR count). The molecule has 0 spiro atoms. The minimum atomic E-state index is -0.401. The number of rotatable bonds is 4. The van der Waals surface area contributed by atoms with Crippen LogP contribution in [0.1, 0.15) is 16.1 Å². The molecule has 0 bridgehead atoms. The van der Waals surface area contributed by atoms with E-state index in [4.69, 9.17) is 5.73 Å². The maximum atomic E-state index is 11.0. The second kappa shape index (κ2) is 5.38. The molecule has 0 aliphatic rings. The number of hydrogen-bond acceptors (Lipinski definition) is 3. The van der Waals surface area contributed by atoms with Gasteiger partial charge < -0.3 is 10.1 Å². The van der Waals surface area contributed by atoms with Gasteiger partial charge in [0.05, 0.1) is 5.69 Å². The van der Waals surface area contributed by atoms with E-state index in [9.17, 15) is 4.79 Å². The van der Waals surface area contributed by atoms with Gasteiger partial charge in [0.15, 0.2) is 0 Å². The SMILES string of the molecule is NC(=O)c1ccc(SCc2cn3ccccc3n2)cc1. The van der Waals surface area contributed by atoms with E-state index in [1.807, 2.05) is 47.1 Å². The Kier molecular flexibility index (Phi) is 3.43. The number of nitrogens with zero attached hydrogens (tertiary/aromatic N) is 2. The number of carbonyl (C=O) groups excluding carboxylic acids is 1. The van der Waals surface area contributed by atoms with Crippen LogP contribution >= 0.6 is 11.8 Å². The van der Waals surface area contributed by atoms with Gasteiger partial charge in [-0.2, -0.15) is 0 Å². The fraction of sp³-hybridized carbons (Fsp3) is 0.0667. The third-order valence-corrected chi connectivity index (χ3v) is 3.99. The fourth-order valence-electron chi connectivity index (χ4n) is 1.93. The number of benzene rings is 1. The molecule has 3 aromatic rings. The summed E-state index contributed by atoms with van der Waals surface area (Å²) >= 11 is 1.68. The Balaban J connectivity index is 1.71. The Hall–Kier alpha value is -2.27. The first kappa shape index (κ1) is 12.7. The lowest BCUT2D eigenvalue weighted by Gasteiger charge is -2.00. The largest absolute Gasteiger partial charge is 0.366 e. The van der Waals surface area contributed by atoms with Crippen molar-refractivity contribution in [1.29, 1.82) is 0 Å². The number of carbonyl (C=O) groups is 1. The summed E-state index contributed by atoms with van der Waals surface area (Å²) in [7, 11) is 0. The summed E-state index contributed by atoms with van der Waals surface area (Å²) in [5.74, 6) is 0.388. The van der Waals surface area contributed by atoms with Gasteiger partial charge in [-0.05, 0) is 36.4 Å². The Morgan fingerprint density at radius 1 is 1.20 bits per heavy atom. The zero-order chi connectivity index (χ0) is 13.9. The molecule has 0 atom stereocenters. The van der Waals surface area contributed by atoms with Crippen LogP contribution in [0.4, 0.5) is 0 Å². The van der Waals surface area contributed by atoms with Gasteiger partial charge in [0.2, 0.25) is 5.91 Å². The Morgan fingerprint density at radius 3 is 2.70 bits per heavy atom. The van der Waals surface area contributed by atoms with Gasteiger partial charge in [0.1, 0.15) is 5.65 Å². The summed E-state index contributed by atoms with van der Waals surface area (Å²) in [6, 6.07) is 13.2. The zero-order valence-electron chi connectivity index (χ0n) is 10.7. The minimum Gasteiger partial charge on any atom is -0.366 e. The molecule has 2 aromatic heterocycles. The molecule has 2 N–H and O–H groups in total. The number of hydrogen-bond donors (Lipinski definition) is 1. The van der Waals surface area contributed by atoms with E-state index in [-0.39, 0.29) is 0 Å². The second-order valence-corrected chi connectivity index (χ2v) is 5.42. The second-order valence-electron chi connectivity index (χ2n) is 4.38. The highest BCUT2D eigenvalue weighted by atomic mass is 32.2. The number of amides is 1. The van der Waals surface area contributed by atoms with Gasteiger partial charge in [-0.25, -0.2) is 4.98 Å². The summed E-state index contributed by atoms with van der Waals surface area (Å²) in [5.41, 5.74) is 7.72. The molecular formula is C15H13N3OS. The molecule has 0 fully saturated rings. The molecule has 2 heterocycles. The highest BCUT2D eigenvalue weighted by Gasteiger charge is 2.03. The standard InChI is InChI=1S/C15H13N3OS/c16-15(19)11-4-6-13(7-5-11)20-10-12-9-18-8-2-1-3-14(18)17-12/h1-9H,10H2,(H2,16,19). The smallest absolute Gasteiger partial charge is 0.248 e. The highest BCUT2D eigenvalue weighted by Crippen LogP contribution is 2.22. The van der Waals surface area contributed by atoms with Crippen molar-refractivity contribution < 1.29 is 4.79 Å². The fourth-order valence-corrected chi connectivity index (χ4v) is 2.71. The monoisotopic (exact) mass is 283 g/mol. The first-order valence-corrected chi connectivity index (χ1v) is 7.16. The van der Waals surface area contributed by atoms with Crippen molar-refractivity contribution in [2.24, 2.45) is 5.73 Å². The van der Waals surface area contributed by atoms with E-state index in [1.54, 1.807) is 23.9 Å². The molecule has 0 radical (unpaired) electrons. The summed E-state index contributed by atoms with van der Waals surface area (Å²) in [5, 5.41) is 0. The van der Waals surface area contributed by atoms with Crippen LogP contribution in [0.25, 0.3) is 5.65 Å². The molecule has 1 aromatic carbocycles. The van der Waals surface area contributed by atoms with Crippen LogP contribution in [0.2, 0.25) is 0 Å². The van der Waals surface area contributed by atoms with E-state index in [1.165, 1.54) is 0 Å². The van der Waals surface area contributed by atoms with Crippen LogP contribution in [-0.2, 0) is 5.75 Å². The van der Waals surface area contributed by atoms with Gasteiger partial charge >= 0.3 is 0 Å². The Bertz CT molecular complexity index is 716. The Morgan fingerprint density at radius 2 is 2.00 bits per heavy atom. The molecule has 0 unspecified atom stereocenters. The van der Waals surface area contributed by atoms with Gasteiger partial charge in [-0.15, -0.1) is 11.8 Å². The van der Waals surface area contributed by atoms with Gasteiger partial charge in [-0.3, -0.25) is 4.79 Å². The van der Waals surface area contributed by atoms with Crippen molar-refractivity contribution in [1.82, 2.24) is 9.38 Å². The van der Waals surface area contributed by atoms with Gasteiger partial charge in [-0.1, -0.05) is 6.07 Å². The number of pyridine rings is 1. The quantitative estimate of drug-likeness (QED) is 0.749. The first-order valence-electron chi connectivity index (χ1n) is 6.18. The van der Waals surface area contributed by atoms with Crippen LogP contribution in [-0.4, -0.2) is 15.3 Å². The number of primary amides is 1. The third-order valence-electron chi connectivity index (χ3n) is 2.94. The lowest BCUT2D eigenvalue weighted by atomic mass is 10.2. The average molecular weight is 283 g/mol. The molecule has 100 valence electrons. The minimum absolute atomic E-state index is 0.401. The van der Waals surface area contributed by atoms with Crippen molar-refractivity contribution >= 4 is 23.3 Å². The van der Waals surface area contributed by atoms with Crippen molar-refractivity contribution in [2.75, 3.05) is 0 Å². The van der Waals surface area contributed by atoms with Crippen LogP contribution in [0, 0.1) is 0 Å². The Labute approximate surface area is 120 Å². The predicted octanol–water partition coefficient (Wildman–Crippen LogP) is 2.73. The summed E-state index contributed by atoms with van der Waals surface area (Å²) in [6.07, 6.45) is 4.01. The summed E-state index contributed by atoms with van der Waals surface area (Å²) in [4.78, 5) is 16.6. The maximum Gasteiger partial charge on any atom is 0.248 e. The summed E-state index contributed by atoms with van der Waals surface area (Å²) in [6.45, 7) is 0. The van der Waals surface area contributed by atoms with Crippen molar-refractivity contribution in [3.8, 4) is 0 Å². The topological polar surface area (TPSA) is 60.4 Å². The van der Waals surface area contributed by atoms with Crippen molar-refractivity contribution in [2.45, 2.75) is 10.6 Å². The van der Waals surface area contributed by atoms with Crippen LogP contribution in [0.3, 0.4) is 0 Å². The highest BCUT2D eigenvalue weighted by molar-refractivity contribution is 7.98. The van der Waals surface area contributed by atoms with E-state index >= 15 is 0 Å². The number of thioether (sulfide) groups is 1. The average Bonchev–Trinajstić information content (AvgIpc) is 2.88. The van der Waals surface area contributed by atoms with E-state index in [2.05, 4.69) is 4.98 Å². The summed E-state index contributed by atoms with van der Waals surface area (Å²) < 4.78 is 2.01. The molecule has 1 amide bonds. The number of aromatic nitrogens is 2. The van der Waals surface area contributed by atoms with Crippen molar-refractivity contribution in [3.63, 3.8) is 0 Å². The lowest BCUT2D eigenvalue weighted by Crippen LogP contribution is -2.10. The molecule has 0 aliphatic carbocycles. The first-order chi connectivity index (χ1) is 9.72. The van der Waals surface area contributed by atoms with E-state index in [0.717, 1.165) is 22.0 Å². The van der Waals surface area contributed by atoms with E-state index < -0.39 is 5.91 Å². The number of nitrogens with two attached hydrogens (primary N) is 1. The van der Waals surface area contributed by atoms with Gasteiger partial charge in [0.25, 0.3) is 0 Å². The molecule has 0 saturated heterocycles.